The van der Waals surface area contributed by atoms with E-state index in [1.54, 1.807) is 54.5 Å². The number of hydrogen-bond acceptors (Lipinski definition) is 5. The quantitative estimate of drug-likeness (QED) is 0.759. The van der Waals surface area contributed by atoms with Crippen LogP contribution in [0, 0.1) is 0 Å². The van der Waals surface area contributed by atoms with Crippen LogP contribution in [0.25, 0.3) is 11.3 Å². The molecule has 4 rings (SSSR count). The van der Waals surface area contributed by atoms with E-state index >= 15 is 0 Å². The number of fused-ring (bicyclic) bond motifs is 3. The highest BCUT2D eigenvalue weighted by atomic mass is 32.2. The maximum Gasteiger partial charge on any atom is 0.272 e. The summed E-state index contributed by atoms with van der Waals surface area (Å²) in [7, 11) is -1.79. The van der Waals surface area contributed by atoms with Crippen LogP contribution in [0.5, 0.6) is 0 Å². The van der Waals surface area contributed by atoms with E-state index in [1.165, 1.54) is 0 Å². The van der Waals surface area contributed by atoms with Gasteiger partial charge in [-0.1, -0.05) is 24.3 Å². The van der Waals surface area contributed by atoms with Crippen LogP contribution in [0.4, 0.5) is 0 Å². The third kappa shape index (κ3) is 2.68. The maximum absolute atomic E-state index is 12.6. The van der Waals surface area contributed by atoms with Crippen molar-refractivity contribution >= 4 is 15.7 Å². The van der Waals surface area contributed by atoms with Crippen molar-refractivity contribution in [3.05, 3.63) is 65.6 Å². The highest BCUT2D eigenvalue weighted by Gasteiger charge is 2.34. The van der Waals surface area contributed by atoms with Gasteiger partial charge in [0, 0.05) is 37.1 Å². The molecule has 0 atom stereocenters. The van der Waals surface area contributed by atoms with Crippen LogP contribution in [-0.2, 0) is 29.2 Å². The molecule has 0 radical (unpaired) electrons. The molecule has 3 aromatic rings. The minimum Gasteiger partial charge on any atom is -0.346 e. The predicted octanol–water partition coefficient (Wildman–Crippen LogP) is 1.70. The van der Waals surface area contributed by atoms with Gasteiger partial charge >= 0.3 is 0 Å². The van der Waals surface area contributed by atoms with E-state index in [0.717, 1.165) is 5.56 Å². The molecule has 0 spiro atoms. The van der Waals surface area contributed by atoms with Gasteiger partial charge in [-0.3, -0.25) is 14.5 Å². The van der Waals surface area contributed by atoms with Gasteiger partial charge in [-0.05, 0) is 17.7 Å². The van der Waals surface area contributed by atoms with E-state index in [0.29, 0.717) is 23.4 Å². The second-order valence-electron chi connectivity index (χ2n) is 6.10. The lowest BCUT2D eigenvalue weighted by Crippen LogP contribution is -2.25. The molecule has 1 aliphatic rings. The second-order valence-corrected chi connectivity index (χ2v) is 8.06. The third-order valence-electron chi connectivity index (χ3n) is 4.35. The Balaban J connectivity index is 1.72. The van der Waals surface area contributed by atoms with Gasteiger partial charge in [0.05, 0.1) is 16.3 Å². The molecular formula is C18H16N4O3S. The molecule has 0 aliphatic carbocycles. The van der Waals surface area contributed by atoms with Gasteiger partial charge in [0.25, 0.3) is 5.91 Å². The highest BCUT2D eigenvalue weighted by Crippen LogP contribution is 2.38. The molecule has 1 amide bonds. The molecule has 1 aromatic carbocycles. The molecule has 0 fully saturated rings. The zero-order chi connectivity index (χ0) is 18.3. The number of hydrogen-bond donors (Lipinski definition) is 1. The molecule has 8 heteroatoms. The van der Waals surface area contributed by atoms with E-state index in [9.17, 15) is 13.2 Å². The summed E-state index contributed by atoms with van der Waals surface area (Å²) in [6.45, 7) is 0.293. The first-order valence-electron chi connectivity index (χ1n) is 8.02. The Hall–Kier alpha value is -3.00. The van der Waals surface area contributed by atoms with Gasteiger partial charge in [0.2, 0.25) is 0 Å². The number of benzene rings is 1. The molecule has 0 bridgehead atoms. The number of nitrogens with one attached hydrogen (secondary N) is 1. The largest absolute Gasteiger partial charge is 0.346 e. The van der Waals surface area contributed by atoms with Crippen molar-refractivity contribution in [2.24, 2.45) is 7.05 Å². The van der Waals surface area contributed by atoms with E-state index in [4.69, 9.17) is 0 Å². The van der Waals surface area contributed by atoms with E-state index in [1.807, 2.05) is 6.07 Å². The van der Waals surface area contributed by atoms with Crippen molar-refractivity contribution in [1.82, 2.24) is 20.1 Å². The maximum atomic E-state index is 12.6. The number of nitrogens with zero attached hydrogens (tertiary/aromatic N) is 3. The zero-order valence-corrected chi connectivity index (χ0v) is 14.8. The minimum atomic E-state index is -3.51. The number of carbonyl (C=O) groups is 1. The average molecular weight is 368 g/mol. The van der Waals surface area contributed by atoms with Crippen molar-refractivity contribution < 1.29 is 13.2 Å². The number of aromatic nitrogens is 3. The highest BCUT2D eigenvalue weighted by molar-refractivity contribution is 7.90. The molecular weight excluding hydrogens is 352 g/mol. The van der Waals surface area contributed by atoms with Crippen LogP contribution < -0.4 is 5.32 Å². The van der Waals surface area contributed by atoms with Crippen LogP contribution >= 0.6 is 0 Å². The van der Waals surface area contributed by atoms with Gasteiger partial charge in [-0.2, -0.15) is 5.10 Å². The van der Waals surface area contributed by atoms with Gasteiger partial charge in [-0.25, -0.2) is 8.42 Å². The standard InChI is InChI=1S/C18H16N4O3S/c1-22-17-13-6-2-3-7-15(13)26(24,25)11-14(17)16(21-22)18(23)20-10-12-5-4-8-19-9-12/h2-9H,10-11H2,1H3,(H,20,23). The van der Waals surface area contributed by atoms with Gasteiger partial charge < -0.3 is 5.32 Å². The normalized spacial score (nSPS) is 14.3. The van der Waals surface area contributed by atoms with Crippen LogP contribution in [0.15, 0.2) is 53.7 Å². The Kier molecular flexibility index (Phi) is 3.84. The summed E-state index contributed by atoms with van der Waals surface area (Å²) >= 11 is 0. The number of sulfone groups is 1. The predicted molar refractivity (Wildman–Crippen MR) is 94.9 cm³/mol. The van der Waals surface area contributed by atoms with E-state index in [2.05, 4.69) is 15.4 Å². The molecule has 0 unspecified atom stereocenters. The SMILES string of the molecule is Cn1nc(C(=O)NCc2cccnc2)c2c1-c1ccccc1S(=O)(=O)C2. The molecule has 2 aromatic heterocycles. The summed E-state index contributed by atoms with van der Waals surface area (Å²) in [5.74, 6) is -0.636. The minimum absolute atomic E-state index is 0.143. The van der Waals surface area contributed by atoms with Gasteiger partial charge in [-0.15, -0.1) is 0 Å². The second kappa shape index (κ2) is 6.06. The fourth-order valence-corrected chi connectivity index (χ4v) is 4.79. The Morgan fingerprint density at radius 2 is 2.04 bits per heavy atom. The monoisotopic (exact) mass is 368 g/mol. The molecule has 7 nitrogen and oxygen atoms in total. The lowest BCUT2D eigenvalue weighted by atomic mass is 10.1. The lowest BCUT2D eigenvalue weighted by Gasteiger charge is -2.17. The van der Waals surface area contributed by atoms with Crippen LogP contribution in [0.1, 0.15) is 21.6 Å². The topological polar surface area (TPSA) is 93.9 Å². The van der Waals surface area contributed by atoms with E-state index in [-0.39, 0.29) is 16.3 Å². The fourth-order valence-electron chi connectivity index (χ4n) is 3.19. The molecule has 1 N–H and O–H groups in total. The first-order valence-corrected chi connectivity index (χ1v) is 9.68. The summed E-state index contributed by atoms with van der Waals surface area (Å²) in [4.78, 5) is 16.9. The van der Waals surface area contributed by atoms with Crippen LogP contribution in [0.2, 0.25) is 0 Å². The van der Waals surface area contributed by atoms with Gasteiger partial charge in [0.1, 0.15) is 0 Å². The molecule has 1 aliphatic heterocycles. The first-order chi connectivity index (χ1) is 12.5. The number of amides is 1. The van der Waals surface area contributed by atoms with Crippen molar-refractivity contribution in [3.8, 4) is 11.3 Å². The molecule has 3 heterocycles. The fraction of sp³-hybridized carbons (Fsp3) is 0.167. The summed E-state index contributed by atoms with van der Waals surface area (Å²) in [6.07, 6.45) is 3.32. The number of carbonyl (C=O) groups excluding carboxylic acids is 1. The zero-order valence-electron chi connectivity index (χ0n) is 14.0. The Bertz CT molecular complexity index is 1100. The summed E-state index contributed by atoms with van der Waals surface area (Å²) in [5, 5.41) is 7.07. The Morgan fingerprint density at radius 1 is 1.23 bits per heavy atom. The molecule has 0 saturated carbocycles. The van der Waals surface area contributed by atoms with Crippen molar-refractivity contribution in [3.63, 3.8) is 0 Å². The number of rotatable bonds is 3. The Labute approximate surface area is 150 Å². The number of aryl methyl sites for hydroxylation is 1. The lowest BCUT2D eigenvalue weighted by molar-refractivity contribution is 0.0944. The van der Waals surface area contributed by atoms with Crippen molar-refractivity contribution in [1.29, 1.82) is 0 Å². The summed E-state index contributed by atoms with van der Waals surface area (Å²) in [5.41, 5.74) is 2.68. The van der Waals surface area contributed by atoms with Crippen LogP contribution in [-0.4, -0.2) is 29.1 Å². The van der Waals surface area contributed by atoms with Crippen LogP contribution in [0.3, 0.4) is 0 Å². The van der Waals surface area contributed by atoms with Gasteiger partial charge in [0.15, 0.2) is 15.5 Å². The van der Waals surface area contributed by atoms with Crippen molar-refractivity contribution in [2.75, 3.05) is 0 Å². The summed E-state index contributed by atoms with van der Waals surface area (Å²) in [6, 6.07) is 10.4. The first kappa shape index (κ1) is 16.5. The molecule has 26 heavy (non-hydrogen) atoms. The number of pyridine rings is 1. The van der Waals surface area contributed by atoms with Crippen molar-refractivity contribution in [2.45, 2.75) is 17.2 Å². The Morgan fingerprint density at radius 3 is 2.81 bits per heavy atom. The smallest absolute Gasteiger partial charge is 0.272 e. The summed E-state index contributed by atoms with van der Waals surface area (Å²) < 4.78 is 26.8. The van der Waals surface area contributed by atoms with E-state index < -0.39 is 15.7 Å². The average Bonchev–Trinajstić information content (AvgIpc) is 2.96. The third-order valence-corrected chi connectivity index (χ3v) is 6.04. The molecule has 132 valence electrons. The molecule has 0 saturated heterocycles.